The van der Waals surface area contributed by atoms with E-state index >= 15 is 0 Å². The van der Waals surface area contributed by atoms with Crippen molar-refractivity contribution < 1.29 is 57.2 Å². The maximum atomic E-state index is 13.3. The van der Waals surface area contributed by atoms with Gasteiger partial charge in [-0.3, -0.25) is 33.6 Å². The molecule has 0 aromatic heterocycles. The number of carbonyl (C=O) groups is 7. The van der Waals surface area contributed by atoms with Crippen LogP contribution in [0.2, 0.25) is 0 Å². The van der Waals surface area contributed by atoms with E-state index in [2.05, 4.69) is 37.0 Å². The zero-order valence-corrected chi connectivity index (χ0v) is 26.5. The van der Waals surface area contributed by atoms with E-state index in [1.54, 1.807) is 6.07 Å². The number of hydrazone groups is 1. The van der Waals surface area contributed by atoms with Crippen molar-refractivity contribution in [2.24, 2.45) is 5.10 Å². The summed E-state index contributed by atoms with van der Waals surface area (Å²) in [5.41, 5.74) is 5.86. The van der Waals surface area contributed by atoms with Gasteiger partial charge < -0.3 is 29.4 Å². The molecule has 0 fully saturated rings. The van der Waals surface area contributed by atoms with Crippen LogP contribution in [0.25, 0.3) is 0 Å². The molecule has 0 aliphatic heterocycles. The molecule has 4 atom stereocenters. The highest BCUT2D eigenvalue weighted by Crippen LogP contribution is 2.29. The molecule has 0 aliphatic rings. The second-order valence-corrected chi connectivity index (χ2v) is 10.2. The fourth-order valence-electron chi connectivity index (χ4n) is 3.33. The number of rotatable bonds is 12. The summed E-state index contributed by atoms with van der Waals surface area (Å²) in [5.74, 6) is -6.42. The van der Waals surface area contributed by atoms with E-state index < -0.39 is 72.7 Å². The minimum Gasteiger partial charge on any atom is -0.462 e. The van der Waals surface area contributed by atoms with Crippen molar-refractivity contribution in [3.05, 3.63) is 26.6 Å². The van der Waals surface area contributed by atoms with Crippen LogP contribution in [-0.2, 0) is 52.5 Å². The van der Waals surface area contributed by atoms with Crippen LogP contribution in [0.1, 0.15) is 51.9 Å². The van der Waals surface area contributed by atoms with Gasteiger partial charge in [0.2, 0.25) is 5.91 Å². The lowest BCUT2D eigenvalue weighted by atomic mass is 10.0. The van der Waals surface area contributed by atoms with E-state index in [0.29, 0.717) is 14.0 Å². The molecule has 0 bridgehead atoms. The van der Waals surface area contributed by atoms with Crippen LogP contribution in [-0.4, -0.2) is 83.9 Å². The van der Waals surface area contributed by atoms with Gasteiger partial charge in [0, 0.05) is 50.5 Å². The third kappa shape index (κ3) is 11.6. The molecule has 0 radical (unpaired) electrons. The summed E-state index contributed by atoms with van der Waals surface area (Å²) in [6, 6.07) is 2.91. The Balaban J connectivity index is 3.73. The number of hydrogen-bond acceptors (Lipinski definition) is 14. The van der Waals surface area contributed by atoms with E-state index in [4.69, 9.17) is 29.4 Å². The molecule has 0 unspecified atom stereocenters. The molecule has 230 valence electrons. The summed E-state index contributed by atoms with van der Waals surface area (Å²) in [4.78, 5) is 85.2. The van der Waals surface area contributed by atoms with E-state index in [1.807, 2.05) is 0 Å². The van der Waals surface area contributed by atoms with Gasteiger partial charge in [0.1, 0.15) is 6.61 Å². The summed E-state index contributed by atoms with van der Waals surface area (Å²) in [6.45, 7) is 5.38. The summed E-state index contributed by atoms with van der Waals surface area (Å²) in [6.07, 6.45) is -6.11. The highest BCUT2D eigenvalue weighted by Gasteiger charge is 2.43. The van der Waals surface area contributed by atoms with E-state index in [1.165, 1.54) is 6.07 Å². The Morgan fingerprint density at radius 3 is 1.81 bits per heavy atom. The van der Waals surface area contributed by atoms with Gasteiger partial charge in [-0.1, -0.05) is 15.9 Å². The van der Waals surface area contributed by atoms with Gasteiger partial charge in [0.15, 0.2) is 24.4 Å². The second kappa shape index (κ2) is 16.5. The van der Waals surface area contributed by atoms with Crippen molar-refractivity contribution in [2.75, 3.05) is 12.3 Å². The number of ether oxygens (including phenoxy) is 5. The van der Waals surface area contributed by atoms with Crippen LogP contribution in [0.3, 0.4) is 0 Å². The molecule has 17 heteroatoms. The van der Waals surface area contributed by atoms with Gasteiger partial charge in [-0.25, -0.2) is 0 Å². The number of amides is 2. The zero-order valence-electron chi connectivity index (χ0n) is 23.4. The summed E-state index contributed by atoms with van der Waals surface area (Å²) >= 11 is 6.43. The number of benzene rings is 1. The van der Waals surface area contributed by atoms with Crippen molar-refractivity contribution in [1.82, 2.24) is 5.01 Å². The van der Waals surface area contributed by atoms with Crippen molar-refractivity contribution in [2.45, 2.75) is 66.0 Å². The molecule has 0 saturated carbocycles. The van der Waals surface area contributed by atoms with Gasteiger partial charge >= 0.3 is 29.8 Å². The molecular formula is C25H29Br2N3O12. The number of nitrogens with zero attached hydrogens (tertiary/aromatic N) is 2. The first-order valence-electron chi connectivity index (χ1n) is 11.9. The Morgan fingerprint density at radius 2 is 1.33 bits per heavy atom. The maximum absolute atomic E-state index is 13.3. The molecule has 0 saturated heterocycles. The first kappa shape index (κ1) is 36.2. The third-order valence-corrected chi connectivity index (χ3v) is 5.95. The highest BCUT2D eigenvalue weighted by molar-refractivity contribution is 9.11. The lowest BCUT2D eigenvalue weighted by Crippen LogP contribution is -2.53. The highest BCUT2D eigenvalue weighted by atomic mass is 79.9. The van der Waals surface area contributed by atoms with Gasteiger partial charge in [0.05, 0.1) is 17.5 Å². The standard InChI is InChI=1S/C25H29Br2N3O12/c1-11(31)30(25(37)18-7-17(26)8-19(27)22(18)28)29-9-20(39-13(3)33)23(41-15(5)35)24(42-16(6)36)21(40-14(4)34)10-38-12(2)32/h7-9,20-21,23-24H,10,28H2,1-6H3/b29-9+/t20-,21+,23+,24+/m0/s1. The Hall–Kier alpha value is -3.86. The Kier molecular flexibility index (Phi) is 14.3. The SMILES string of the molecule is CC(=O)OC[C@@H](OC(C)=O)[C@@H](OC(C)=O)[C@H](OC(C)=O)[C@H](/C=N/N(C(C)=O)C(=O)c1cc(Br)cc(Br)c1N)OC(C)=O. The molecule has 0 aliphatic carbocycles. The van der Waals surface area contributed by atoms with Crippen LogP contribution in [0.4, 0.5) is 5.69 Å². The molecule has 1 aromatic carbocycles. The fraction of sp³-hybridized carbons (Fsp3) is 0.440. The summed E-state index contributed by atoms with van der Waals surface area (Å²) in [5, 5.41) is 4.26. The van der Waals surface area contributed by atoms with Crippen molar-refractivity contribution >= 4 is 85.4 Å². The predicted molar refractivity (Wildman–Crippen MR) is 150 cm³/mol. The topological polar surface area (TPSA) is 207 Å². The van der Waals surface area contributed by atoms with Crippen LogP contribution < -0.4 is 5.73 Å². The number of nitrogens with two attached hydrogens (primary N) is 1. The van der Waals surface area contributed by atoms with Crippen LogP contribution in [0.5, 0.6) is 0 Å². The third-order valence-electron chi connectivity index (χ3n) is 4.83. The smallest absolute Gasteiger partial charge is 0.303 e. The van der Waals surface area contributed by atoms with Crippen molar-refractivity contribution in [3.63, 3.8) is 0 Å². The Labute approximate surface area is 257 Å². The average Bonchev–Trinajstić information content (AvgIpc) is 2.84. The van der Waals surface area contributed by atoms with Crippen LogP contribution >= 0.6 is 31.9 Å². The zero-order chi connectivity index (χ0) is 32.3. The maximum Gasteiger partial charge on any atom is 0.303 e. The van der Waals surface area contributed by atoms with Gasteiger partial charge in [-0.05, 0) is 28.1 Å². The Bertz CT molecular complexity index is 1270. The van der Waals surface area contributed by atoms with Gasteiger partial charge in [-0.15, -0.1) is 0 Å². The minimum atomic E-state index is -1.80. The fourth-order valence-corrected chi connectivity index (χ4v) is 4.55. The first-order chi connectivity index (χ1) is 19.4. The van der Waals surface area contributed by atoms with Crippen LogP contribution in [0.15, 0.2) is 26.2 Å². The molecule has 1 aromatic rings. The number of carbonyl (C=O) groups excluding carboxylic acids is 7. The van der Waals surface area contributed by atoms with Crippen molar-refractivity contribution in [1.29, 1.82) is 0 Å². The number of halogens is 2. The Morgan fingerprint density at radius 1 is 0.810 bits per heavy atom. The quantitative estimate of drug-likeness (QED) is 0.108. The molecule has 1 rings (SSSR count). The first-order valence-corrected chi connectivity index (χ1v) is 13.5. The number of hydrogen-bond donors (Lipinski definition) is 1. The summed E-state index contributed by atoms with van der Waals surface area (Å²) < 4.78 is 26.7. The number of anilines is 1. The lowest BCUT2D eigenvalue weighted by Gasteiger charge is -2.34. The minimum absolute atomic E-state index is 0.0106. The molecule has 2 N–H and O–H groups in total. The number of esters is 5. The lowest BCUT2D eigenvalue weighted by molar-refractivity contribution is -0.197. The van der Waals surface area contributed by atoms with Crippen LogP contribution in [0, 0.1) is 0 Å². The predicted octanol–water partition coefficient (Wildman–Crippen LogP) is 2.06. The molecular weight excluding hydrogens is 694 g/mol. The van der Waals surface area contributed by atoms with E-state index in [9.17, 15) is 33.6 Å². The molecule has 42 heavy (non-hydrogen) atoms. The number of imide groups is 1. The van der Waals surface area contributed by atoms with E-state index in [0.717, 1.165) is 47.8 Å². The van der Waals surface area contributed by atoms with Crippen molar-refractivity contribution in [3.8, 4) is 0 Å². The molecule has 2 amide bonds. The normalized spacial score (nSPS) is 13.6. The van der Waals surface area contributed by atoms with Gasteiger partial charge in [0.25, 0.3) is 5.91 Å². The molecule has 0 spiro atoms. The average molecular weight is 723 g/mol. The monoisotopic (exact) mass is 721 g/mol. The second-order valence-electron chi connectivity index (χ2n) is 8.42. The largest absolute Gasteiger partial charge is 0.462 e. The number of nitrogen functional groups attached to an aromatic ring is 1. The van der Waals surface area contributed by atoms with E-state index in [-0.39, 0.29) is 11.3 Å². The summed E-state index contributed by atoms with van der Waals surface area (Å²) in [7, 11) is 0. The van der Waals surface area contributed by atoms with Gasteiger partial charge in [-0.2, -0.15) is 10.1 Å². The molecule has 15 nitrogen and oxygen atoms in total. The molecule has 0 heterocycles.